The van der Waals surface area contributed by atoms with E-state index < -0.39 is 5.97 Å². The standard InChI is InChI=1S/C13H20N4O2/c1-4-10-8-17(6-5-16(10)3)13-14-9(2)7-11(15-13)12(18)19/h7,10H,4-6,8H2,1-3H3,(H,18,19). The lowest BCUT2D eigenvalue weighted by atomic mass is 10.1. The maximum Gasteiger partial charge on any atom is 0.354 e. The van der Waals surface area contributed by atoms with Crippen molar-refractivity contribution in [1.29, 1.82) is 0 Å². The largest absolute Gasteiger partial charge is 0.477 e. The Morgan fingerprint density at radius 3 is 2.84 bits per heavy atom. The van der Waals surface area contributed by atoms with Crippen molar-refractivity contribution in [2.75, 3.05) is 31.6 Å². The van der Waals surface area contributed by atoms with Crippen LogP contribution in [0.15, 0.2) is 6.07 Å². The van der Waals surface area contributed by atoms with Gasteiger partial charge in [0.15, 0.2) is 5.69 Å². The highest BCUT2D eigenvalue weighted by molar-refractivity contribution is 5.85. The molecule has 2 rings (SSSR count). The van der Waals surface area contributed by atoms with Gasteiger partial charge in [0, 0.05) is 31.4 Å². The van der Waals surface area contributed by atoms with Gasteiger partial charge in [-0.2, -0.15) is 0 Å². The molecule has 0 spiro atoms. The zero-order valence-corrected chi connectivity index (χ0v) is 11.6. The quantitative estimate of drug-likeness (QED) is 0.878. The first-order valence-electron chi connectivity index (χ1n) is 6.55. The summed E-state index contributed by atoms with van der Waals surface area (Å²) in [6.45, 7) is 6.57. The van der Waals surface area contributed by atoms with E-state index in [-0.39, 0.29) is 5.69 Å². The average Bonchev–Trinajstić information content (AvgIpc) is 2.38. The number of anilines is 1. The normalized spacial score (nSPS) is 20.6. The molecule has 2 heterocycles. The van der Waals surface area contributed by atoms with Crippen molar-refractivity contribution >= 4 is 11.9 Å². The van der Waals surface area contributed by atoms with Gasteiger partial charge < -0.3 is 10.0 Å². The molecular formula is C13H20N4O2. The third-order valence-corrected chi connectivity index (χ3v) is 3.59. The number of hydrogen-bond donors (Lipinski definition) is 1. The average molecular weight is 264 g/mol. The fourth-order valence-corrected chi connectivity index (χ4v) is 2.37. The minimum Gasteiger partial charge on any atom is -0.477 e. The Bertz CT molecular complexity index is 478. The molecule has 0 radical (unpaired) electrons. The van der Waals surface area contributed by atoms with Crippen LogP contribution in [0.5, 0.6) is 0 Å². The van der Waals surface area contributed by atoms with E-state index >= 15 is 0 Å². The second kappa shape index (κ2) is 5.52. The molecule has 6 heteroatoms. The number of likely N-dealkylation sites (N-methyl/N-ethyl adjacent to an activating group) is 1. The molecule has 0 amide bonds. The van der Waals surface area contributed by atoms with E-state index in [1.54, 1.807) is 6.92 Å². The molecule has 0 aliphatic carbocycles. The van der Waals surface area contributed by atoms with Crippen LogP contribution in [0.1, 0.15) is 29.5 Å². The lowest BCUT2D eigenvalue weighted by Crippen LogP contribution is -2.51. The van der Waals surface area contributed by atoms with Crippen molar-refractivity contribution in [3.8, 4) is 0 Å². The van der Waals surface area contributed by atoms with Crippen LogP contribution in [0.2, 0.25) is 0 Å². The smallest absolute Gasteiger partial charge is 0.354 e. The van der Waals surface area contributed by atoms with E-state index in [2.05, 4.69) is 33.7 Å². The third kappa shape index (κ3) is 3.01. The number of hydrogen-bond acceptors (Lipinski definition) is 5. The zero-order valence-electron chi connectivity index (χ0n) is 11.6. The van der Waals surface area contributed by atoms with Gasteiger partial charge in [-0.05, 0) is 26.5 Å². The maximum atomic E-state index is 11.0. The van der Waals surface area contributed by atoms with Gasteiger partial charge in [0.1, 0.15) is 0 Å². The molecule has 6 nitrogen and oxygen atoms in total. The van der Waals surface area contributed by atoms with E-state index in [1.807, 2.05) is 0 Å². The van der Waals surface area contributed by atoms with Gasteiger partial charge >= 0.3 is 5.97 Å². The summed E-state index contributed by atoms with van der Waals surface area (Å²) in [7, 11) is 2.12. The van der Waals surface area contributed by atoms with Crippen LogP contribution in [-0.2, 0) is 0 Å². The molecule has 1 aromatic rings. The molecule has 1 unspecified atom stereocenters. The fourth-order valence-electron chi connectivity index (χ4n) is 2.37. The molecule has 1 saturated heterocycles. The van der Waals surface area contributed by atoms with Crippen molar-refractivity contribution in [2.24, 2.45) is 0 Å². The number of carboxylic acids is 1. The summed E-state index contributed by atoms with van der Waals surface area (Å²) in [6, 6.07) is 1.96. The molecule has 19 heavy (non-hydrogen) atoms. The first-order chi connectivity index (χ1) is 9.01. The van der Waals surface area contributed by atoms with E-state index in [4.69, 9.17) is 5.11 Å². The highest BCUT2D eigenvalue weighted by atomic mass is 16.4. The monoisotopic (exact) mass is 264 g/mol. The molecule has 1 aromatic heterocycles. The number of aryl methyl sites for hydroxylation is 1. The maximum absolute atomic E-state index is 11.0. The molecule has 0 bridgehead atoms. The Hall–Kier alpha value is -1.69. The van der Waals surface area contributed by atoms with Gasteiger partial charge in [0.25, 0.3) is 0 Å². The van der Waals surface area contributed by atoms with Crippen LogP contribution in [0.4, 0.5) is 5.95 Å². The summed E-state index contributed by atoms with van der Waals surface area (Å²) in [4.78, 5) is 24.0. The highest BCUT2D eigenvalue weighted by Gasteiger charge is 2.25. The number of carbonyl (C=O) groups is 1. The van der Waals surface area contributed by atoms with Crippen molar-refractivity contribution in [2.45, 2.75) is 26.3 Å². The fraction of sp³-hybridized carbons (Fsp3) is 0.615. The number of aromatic carboxylic acids is 1. The van der Waals surface area contributed by atoms with E-state index in [1.165, 1.54) is 6.07 Å². The van der Waals surface area contributed by atoms with Gasteiger partial charge in [-0.25, -0.2) is 14.8 Å². The van der Waals surface area contributed by atoms with Crippen LogP contribution in [0.3, 0.4) is 0 Å². The minimum absolute atomic E-state index is 0.0643. The van der Waals surface area contributed by atoms with Crippen LogP contribution >= 0.6 is 0 Å². The number of nitrogens with zero attached hydrogens (tertiary/aromatic N) is 4. The number of carboxylic acid groups (broad SMARTS) is 1. The molecule has 0 aromatic carbocycles. The Morgan fingerprint density at radius 1 is 1.47 bits per heavy atom. The summed E-state index contributed by atoms with van der Waals surface area (Å²) < 4.78 is 0. The van der Waals surface area contributed by atoms with E-state index in [0.717, 1.165) is 26.1 Å². The Kier molecular flexibility index (Phi) is 3.99. The summed E-state index contributed by atoms with van der Waals surface area (Å²) >= 11 is 0. The summed E-state index contributed by atoms with van der Waals surface area (Å²) in [5.41, 5.74) is 0.754. The molecule has 1 aliphatic heterocycles. The lowest BCUT2D eigenvalue weighted by Gasteiger charge is -2.39. The predicted molar refractivity (Wildman–Crippen MR) is 72.7 cm³/mol. The molecule has 104 valence electrons. The third-order valence-electron chi connectivity index (χ3n) is 3.59. The van der Waals surface area contributed by atoms with Crippen LogP contribution < -0.4 is 4.90 Å². The molecule has 1 fully saturated rings. The van der Waals surface area contributed by atoms with Crippen LogP contribution in [-0.4, -0.2) is 58.7 Å². The molecular weight excluding hydrogens is 244 g/mol. The molecule has 1 atom stereocenters. The van der Waals surface area contributed by atoms with Crippen LogP contribution in [0.25, 0.3) is 0 Å². The first-order valence-corrected chi connectivity index (χ1v) is 6.55. The van der Waals surface area contributed by atoms with Gasteiger partial charge in [0.05, 0.1) is 0 Å². The molecule has 0 saturated carbocycles. The topological polar surface area (TPSA) is 69.6 Å². The van der Waals surface area contributed by atoms with Crippen molar-refractivity contribution in [1.82, 2.24) is 14.9 Å². The lowest BCUT2D eigenvalue weighted by molar-refractivity contribution is 0.0690. The molecule has 1 N–H and O–H groups in total. The van der Waals surface area contributed by atoms with E-state index in [9.17, 15) is 4.79 Å². The summed E-state index contributed by atoms with van der Waals surface area (Å²) in [5, 5.41) is 9.06. The number of aromatic nitrogens is 2. The second-order valence-electron chi connectivity index (χ2n) is 4.99. The SMILES string of the molecule is CCC1CN(c2nc(C)cc(C(=O)O)n2)CCN1C. The van der Waals surface area contributed by atoms with Crippen molar-refractivity contribution in [3.63, 3.8) is 0 Å². The van der Waals surface area contributed by atoms with E-state index in [0.29, 0.717) is 17.7 Å². The Morgan fingerprint density at radius 2 is 2.21 bits per heavy atom. The first kappa shape index (κ1) is 13.7. The summed E-state index contributed by atoms with van der Waals surface area (Å²) in [5.74, 6) is -0.475. The van der Waals surface area contributed by atoms with Gasteiger partial charge in [-0.1, -0.05) is 6.92 Å². The summed E-state index contributed by atoms with van der Waals surface area (Å²) in [6.07, 6.45) is 1.06. The van der Waals surface area contributed by atoms with Crippen LogP contribution in [0, 0.1) is 6.92 Å². The predicted octanol–water partition coefficient (Wildman–Crippen LogP) is 1.01. The minimum atomic E-state index is -1.01. The number of piperazine rings is 1. The van der Waals surface area contributed by atoms with Gasteiger partial charge in [-0.3, -0.25) is 4.90 Å². The zero-order chi connectivity index (χ0) is 14.0. The number of rotatable bonds is 3. The Labute approximate surface area is 113 Å². The highest BCUT2D eigenvalue weighted by Crippen LogP contribution is 2.17. The van der Waals surface area contributed by atoms with Gasteiger partial charge in [-0.15, -0.1) is 0 Å². The van der Waals surface area contributed by atoms with Crippen molar-refractivity contribution in [3.05, 3.63) is 17.5 Å². The van der Waals surface area contributed by atoms with Crippen molar-refractivity contribution < 1.29 is 9.90 Å². The Balaban J connectivity index is 2.24. The second-order valence-corrected chi connectivity index (χ2v) is 4.99. The molecule has 1 aliphatic rings. The van der Waals surface area contributed by atoms with Gasteiger partial charge in [0.2, 0.25) is 5.95 Å².